The largest absolute Gasteiger partial charge is 0.507 e. The van der Waals surface area contributed by atoms with E-state index in [1.165, 1.54) is 36.4 Å². The predicted octanol–water partition coefficient (Wildman–Crippen LogP) is 7.07. The number of hydrogen-bond acceptors (Lipinski definition) is 25. The maximum Gasteiger partial charge on any atom is 0.200 e. The van der Waals surface area contributed by atoms with Crippen molar-refractivity contribution >= 4 is 101 Å². The van der Waals surface area contributed by atoms with Gasteiger partial charge in [0.1, 0.15) is 73.8 Å². The number of H-pyrrole nitrogens is 1. The van der Waals surface area contributed by atoms with Gasteiger partial charge in [-0.05, 0) is 48.5 Å². The van der Waals surface area contributed by atoms with Crippen LogP contribution >= 0.6 is 0 Å². The average Bonchev–Trinajstić information content (AvgIpc) is 1.32. The summed E-state index contributed by atoms with van der Waals surface area (Å²) >= 11 is 0. The van der Waals surface area contributed by atoms with Crippen molar-refractivity contribution in [3.8, 4) is 34.5 Å². The Morgan fingerprint density at radius 2 is 0.514 bits per heavy atom. The zero-order chi connectivity index (χ0) is 78.5. The summed E-state index contributed by atoms with van der Waals surface area (Å²) in [6.45, 7) is 3.56. The molecule has 3 aliphatic carbocycles. The molecular weight excluding hydrogens is 1380 g/mol. The Kier molecular flexibility index (Phi) is 21.8. The van der Waals surface area contributed by atoms with Gasteiger partial charge in [-0.1, -0.05) is 24.3 Å². The van der Waals surface area contributed by atoms with Crippen LogP contribution in [0.2, 0.25) is 0 Å². The van der Waals surface area contributed by atoms with Crippen LogP contribution < -0.4 is 31.9 Å². The van der Waals surface area contributed by atoms with Crippen LogP contribution in [0.25, 0.3) is 32.4 Å². The number of rotatable bonds is 24. The predicted molar refractivity (Wildman–Crippen MR) is 397 cm³/mol. The minimum atomic E-state index is -0.625. The highest BCUT2D eigenvalue weighted by Gasteiger charge is 2.44. The van der Waals surface area contributed by atoms with Gasteiger partial charge in [0, 0.05) is 45.5 Å². The van der Waals surface area contributed by atoms with Gasteiger partial charge in [0.2, 0.25) is 34.7 Å². The number of ketones is 6. The number of nitrogens with one attached hydrogen (secondary N) is 7. The highest BCUT2D eigenvalue weighted by molar-refractivity contribution is 6.39. The smallest absolute Gasteiger partial charge is 0.200 e. The third kappa shape index (κ3) is 16.6. The molecule has 32 heteroatoms. The molecule has 0 saturated carbocycles. The number of phenols is 6. The molecule has 107 heavy (non-hydrogen) atoms. The van der Waals surface area contributed by atoms with Gasteiger partial charge in [0.05, 0.1) is 230 Å². The Labute approximate surface area is 614 Å². The van der Waals surface area contributed by atoms with E-state index >= 15 is 0 Å². The zero-order valence-electron chi connectivity index (χ0n) is 61.6. The molecule has 0 saturated heterocycles. The third-order valence-electron chi connectivity index (χ3n) is 18.3. The van der Waals surface area contributed by atoms with Crippen molar-refractivity contribution < 1.29 is 119 Å². The monoisotopic (exact) mass is 1480 g/mol. The third-order valence-corrected chi connectivity index (χ3v) is 18.3. The van der Waals surface area contributed by atoms with E-state index in [4.69, 9.17) is 0 Å². The number of carbonyl (C=O) groups excluding carboxylic acids is 6. The molecule has 0 unspecified atom stereocenters. The van der Waals surface area contributed by atoms with Gasteiger partial charge in [0.25, 0.3) is 0 Å². The molecule has 9 aromatic rings. The van der Waals surface area contributed by atoms with Gasteiger partial charge in [-0.2, -0.15) is 27.9 Å². The fourth-order valence-electron chi connectivity index (χ4n) is 13.1. The highest BCUT2D eigenvalue weighted by atomic mass is 16.6. The molecule has 566 valence electrons. The minimum absolute atomic E-state index is 0.0393. The first kappa shape index (κ1) is 78.5. The second-order valence-corrected chi connectivity index (χ2v) is 29.9. The number of anilines is 6. The summed E-state index contributed by atoms with van der Waals surface area (Å²) in [7, 11) is 19.4. The van der Waals surface area contributed by atoms with E-state index in [0.29, 0.717) is 125 Å². The van der Waals surface area contributed by atoms with Crippen molar-refractivity contribution in [2.24, 2.45) is 0 Å². The number of hydroxylamine groups is 18. The fraction of sp³-hybridized carbons (Fsp3) is 0.320. The number of quaternary nitrogens is 6. The molecule has 0 fully saturated rings. The van der Waals surface area contributed by atoms with Crippen LogP contribution in [0.3, 0.4) is 0 Å². The van der Waals surface area contributed by atoms with E-state index in [9.17, 15) is 90.6 Å². The molecule has 19 N–H and O–H groups in total. The van der Waals surface area contributed by atoms with Gasteiger partial charge >= 0.3 is 0 Å². The van der Waals surface area contributed by atoms with Crippen LogP contribution in [0.4, 0.5) is 34.1 Å². The highest BCUT2D eigenvalue weighted by Crippen LogP contribution is 2.50. The molecule has 3 aliphatic rings. The van der Waals surface area contributed by atoms with Crippen molar-refractivity contribution in [2.45, 2.75) is 0 Å². The molecule has 0 aliphatic heterocycles. The van der Waals surface area contributed by atoms with Gasteiger partial charge in [-0.25, -0.2) is 31.2 Å². The Balaban J connectivity index is 0.000000172. The molecule has 0 bridgehead atoms. The number of likely N-dealkylation sites (N-methyl/N-ethyl adjacent to an activating group) is 6. The average molecular weight is 1480 g/mol. The van der Waals surface area contributed by atoms with Gasteiger partial charge < -0.3 is 67.5 Å². The molecule has 0 atom stereocenters. The lowest BCUT2D eigenvalue weighted by atomic mass is 9.79. The van der Waals surface area contributed by atoms with Gasteiger partial charge in [0.15, 0.2) is 0 Å². The normalized spacial score (nSPS) is 13.6. The second-order valence-electron chi connectivity index (χ2n) is 29.9. The molecular formula is C75H94N14O18+6. The lowest BCUT2D eigenvalue weighted by Gasteiger charge is -2.28. The van der Waals surface area contributed by atoms with Crippen molar-refractivity contribution in [3.63, 3.8) is 0 Å². The van der Waals surface area contributed by atoms with Crippen molar-refractivity contribution in [2.75, 3.05) is 195 Å². The number of aromatic hydroxyl groups is 6. The first-order valence-corrected chi connectivity index (χ1v) is 34.3. The second kappa shape index (κ2) is 29.7. The van der Waals surface area contributed by atoms with Crippen molar-refractivity contribution in [3.05, 3.63) is 158 Å². The van der Waals surface area contributed by atoms with E-state index in [-0.39, 0.29) is 114 Å². The van der Waals surface area contributed by atoms with Gasteiger partial charge in [-0.15, -0.1) is 0 Å². The van der Waals surface area contributed by atoms with Crippen LogP contribution in [0, 0.1) is 0 Å². The maximum atomic E-state index is 13.8. The summed E-state index contributed by atoms with van der Waals surface area (Å²) in [6, 6.07) is 17.8. The van der Waals surface area contributed by atoms with Gasteiger partial charge in [-0.3, -0.25) is 33.8 Å². The quantitative estimate of drug-likeness (QED) is 0.0124. The van der Waals surface area contributed by atoms with Crippen LogP contribution in [-0.2, 0) is 0 Å². The number of aromatic amines is 1. The first-order chi connectivity index (χ1) is 49.9. The molecule has 0 spiro atoms. The summed E-state index contributed by atoms with van der Waals surface area (Å²) < 4.78 is -1.83. The summed E-state index contributed by atoms with van der Waals surface area (Å²) in [5.74, 6) is -6.06. The van der Waals surface area contributed by atoms with E-state index in [2.05, 4.69) is 41.9 Å². The number of pyridine rings is 1. The number of aromatic nitrogens is 2. The standard InChI is InChI=1S/C26H30N4O6.C25H29N5O6.C24H29N5O6/c1-29(2,35)13-11-27-23-15-7-5-6-8-16(15)24(28-12-14-30(3,4)36)22-21(23)25(33)19-17(31)9-10-18(32)20(19)26(22)34;1-29(2,35)11-9-27-22-14-7-8-26-13-15(14)23(28-10-12-30(3,4)36)21-20(22)24(33)18-16(31)5-6-17(32)19(18)25(21)34;1-28(2,34)11-9-26-20-13-7-8-25-21(13)22(27-10-12-29(3,4)35)19-18(20)23(32)16-14(30)5-6-15(31)17(16)24(19)33/h5-10,35-36H,11-14H2,1-4H3,(H2-2,27,28,31,32,33,34);5-8,13,35-36H,9-12H2,1-4H3,(H2-2,26,27,28,31,32,33,34);5-8,34-35H,9-12H2,1-4H3,(H3-2,25,26,27,30,31,32,33)/p+6. The lowest BCUT2D eigenvalue weighted by Crippen LogP contribution is -2.40. The number of hydrogen-bond donors (Lipinski definition) is 19. The summed E-state index contributed by atoms with van der Waals surface area (Å²) in [4.78, 5) is 90.2. The van der Waals surface area contributed by atoms with E-state index < -0.39 is 69.2 Å². The Hall–Kier alpha value is -11.1. The number of phenolic OH excluding ortho intramolecular Hbond substituents is 6. The lowest BCUT2D eigenvalue weighted by molar-refractivity contribution is -1.07. The first-order valence-electron chi connectivity index (χ1n) is 34.3. The molecule has 0 amide bonds. The molecule has 32 nitrogen and oxygen atoms in total. The maximum absolute atomic E-state index is 13.8. The molecule has 12 rings (SSSR count). The topological polar surface area (TPSA) is 446 Å². The summed E-state index contributed by atoms with van der Waals surface area (Å²) in [6.07, 6.45) is 4.82. The van der Waals surface area contributed by atoms with Crippen molar-refractivity contribution in [1.29, 1.82) is 0 Å². The number of carbonyl (C=O) groups is 6. The molecule has 7 aromatic carbocycles. The zero-order valence-corrected chi connectivity index (χ0v) is 61.6. The summed E-state index contributed by atoms with van der Waals surface area (Å²) in [5, 5.41) is 146. The van der Waals surface area contributed by atoms with Crippen LogP contribution in [-0.4, -0.2) is 298 Å². The number of fused-ring (bicyclic) bond motifs is 9. The molecule has 0 radical (unpaired) electrons. The summed E-state index contributed by atoms with van der Waals surface area (Å²) in [5.41, 5.74) is 1.69. The van der Waals surface area contributed by atoms with E-state index in [1.807, 2.05) is 24.3 Å². The van der Waals surface area contributed by atoms with E-state index in [0.717, 1.165) is 0 Å². The minimum Gasteiger partial charge on any atom is -0.507 e. The van der Waals surface area contributed by atoms with Crippen LogP contribution in [0.5, 0.6) is 34.5 Å². The Bertz CT molecular complexity index is 4560. The Morgan fingerprint density at radius 3 is 0.776 bits per heavy atom. The van der Waals surface area contributed by atoms with E-state index in [1.54, 1.807) is 115 Å². The van der Waals surface area contributed by atoms with Crippen LogP contribution in [0.1, 0.15) is 95.5 Å². The van der Waals surface area contributed by atoms with Crippen molar-refractivity contribution in [1.82, 2.24) is 9.97 Å². The molecule has 2 heterocycles. The number of benzene rings is 7. The Morgan fingerprint density at radius 1 is 0.290 bits per heavy atom. The fourth-order valence-corrected chi connectivity index (χ4v) is 13.1. The molecule has 2 aromatic heterocycles. The van der Waals surface area contributed by atoms with Crippen LogP contribution in [0.15, 0.2) is 91.4 Å². The SMILES string of the molecule is C[N+](C)(O)CCNc1c2c(c(NCC[N+](C)(C)O)c3[nH]ccc13)C(=O)c1c(O)ccc(O)c1C2=O.C[N+](C)(O)CCNc1c2c(c(NCC[N+](C)(C)O)c3ccccc13)C(=O)c1c(O)ccc(O)c1C2=O.C[N+](C)(O)CCNc1c2c(c(NCC[N+](C)(C)O)c3cnccc13)C(=O)c1c(O)ccc(O)c1C2=O. The number of nitrogens with zero attached hydrogens (tertiary/aromatic N) is 7.